The van der Waals surface area contributed by atoms with Crippen molar-refractivity contribution in [2.24, 2.45) is 0 Å². The molecular formula is C11H20N2O7S4. The molecule has 0 bridgehead atoms. The van der Waals surface area contributed by atoms with Crippen molar-refractivity contribution in [3.63, 3.8) is 0 Å². The highest BCUT2D eigenvalue weighted by molar-refractivity contribution is 8.09. The molecule has 0 radical (unpaired) electrons. The Morgan fingerprint density at radius 3 is 1.33 bits per heavy atom. The maximum Gasteiger partial charge on any atom is 0.270 e. The lowest BCUT2D eigenvalue weighted by Crippen LogP contribution is -2.51. The van der Waals surface area contributed by atoms with Gasteiger partial charge in [0.05, 0.1) is 12.2 Å². The van der Waals surface area contributed by atoms with Gasteiger partial charge in [-0.05, 0) is 59.1 Å². The van der Waals surface area contributed by atoms with Crippen molar-refractivity contribution in [3.8, 4) is 0 Å². The molecule has 0 rings (SSSR count). The minimum Gasteiger partial charge on any atom is -0.468 e. The molecular weight excluding hydrogens is 400 g/mol. The number of carbonyl (C=O) groups excluding carboxylic acids is 1. The van der Waals surface area contributed by atoms with Crippen molar-refractivity contribution in [2.45, 2.75) is 51.4 Å². The number of ether oxygens (including phenoxy) is 2. The fourth-order valence-electron chi connectivity index (χ4n) is 1.42. The summed E-state index contributed by atoms with van der Waals surface area (Å²) in [6.07, 6.45) is -0.893. The standard InChI is InChI=1S/C11H20N2O7S4/c1-6(2)19-10(21)12-23(15,16)9(8(5)14)24(17,18)13-11(22)20-7(3)4/h6-7,9H,1-5H3,(H,12,21)(H,13,22). The van der Waals surface area contributed by atoms with Crippen LogP contribution in [0, 0.1) is 0 Å². The Kier molecular flexibility index (Phi) is 8.49. The third-order valence-corrected chi connectivity index (χ3v) is 6.94. The zero-order chi connectivity index (χ0) is 19.3. The van der Waals surface area contributed by atoms with Crippen LogP contribution in [0.4, 0.5) is 0 Å². The van der Waals surface area contributed by atoms with Crippen LogP contribution in [-0.2, 0) is 34.3 Å². The molecule has 0 heterocycles. The molecule has 0 aliphatic rings. The summed E-state index contributed by atoms with van der Waals surface area (Å²) < 4.78 is 59.7. The Morgan fingerprint density at radius 1 is 0.833 bits per heavy atom. The van der Waals surface area contributed by atoms with E-state index in [4.69, 9.17) is 9.47 Å². The van der Waals surface area contributed by atoms with Crippen molar-refractivity contribution in [2.75, 3.05) is 0 Å². The summed E-state index contributed by atoms with van der Waals surface area (Å²) in [5, 5.41) is -1.15. The SMILES string of the molecule is CC(=O)C(S(=O)(=O)NC(=S)OC(C)C)S(=O)(=O)NC(=S)OC(C)C. The van der Waals surface area contributed by atoms with Gasteiger partial charge in [0.15, 0.2) is 5.78 Å². The topological polar surface area (TPSA) is 128 Å². The second kappa shape index (κ2) is 8.87. The average molecular weight is 421 g/mol. The van der Waals surface area contributed by atoms with Crippen molar-refractivity contribution in [1.82, 2.24) is 9.44 Å². The van der Waals surface area contributed by atoms with Crippen LogP contribution in [0.1, 0.15) is 34.6 Å². The van der Waals surface area contributed by atoms with Gasteiger partial charge in [0, 0.05) is 0 Å². The first-order chi connectivity index (χ1) is 10.7. The molecule has 0 spiro atoms. The van der Waals surface area contributed by atoms with Crippen LogP contribution < -0.4 is 9.44 Å². The quantitative estimate of drug-likeness (QED) is 0.553. The molecule has 0 aromatic rings. The zero-order valence-corrected chi connectivity index (χ0v) is 17.0. The van der Waals surface area contributed by atoms with E-state index >= 15 is 0 Å². The van der Waals surface area contributed by atoms with E-state index in [1.54, 1.807) is 37.1 Å². The minimum absolute atomic E-state index is 0.447. The van der Waals surface area contributed by atoms with Gasteiger partial charge in [-0.2, -0.15) is 0 Å². The first kappa shape index (κ1) is 22.9. The predicted octanol–water partition coefficient (Wildman–Crippen LogP) is 0.160. The first-order valence-electron chi connectivity index (χ1n) is 6.64. The van der Waals surface area contributed by atoms with E-state index < -0.39 is 53.0 Å². The van der Waals surface area contributed by atoms with Crippen LogP contribution in [0.15, 0.2) is 0 Å². The summed E-state index contributed by atoms with van der Waals surface area (Å²) in [6.45, 7) is 7.15. The maximum atomic E-state index is 12.2. The minimum atomic E-state index is -4.73. The number of hydrogen-bond acceptors (Lipinski definition) is 9. The molecule has 0 saturated heterocycles. The van der Waals surface area contributed by atoms with Gasteiger partial charge in [0.25, 0.3) is 35.0 Å². The number of rotatable bonds is 7. The summed E-state index contributed by atoms with van der Waals surface area (Å²) in [4.78, 5) is 11.6. The number of Topliss-reactive ketones (excluding diaryl/α,β-unsaturated/α-hetero) is 1. The van der Waals surface area contributed by atoms with Crippen LogP contribution in [-0.4, -0.2) is 49.8 Å². The number of sulfonamides is 2. The van der Waals surface area contributed by atoms with Crippen molar-refractivity contribution < 1.29 is 31.1 Å². The van der Waals surface area contributed by atoms with Crippen molar-refractivity contribution >= 4 is 60.6 Å². The monoisotopic (exact) mass is 420 g/mol. The fourth-order valence-corrected chi connectivity index (χ4v) is 5.77. The lowest BCUT2D eigenvalue weighted by molar-refractivity contribution is -0.115. The number of thiocarbonyl (C=S) groups is 2. The average Bonchev–Trinajstić information content (AvgIpc) is 2.20. The second-order valence-electron chi connectivity index (χ2n) is 5.14. The number of hydrogen-bond donors (Lipinski definition) is 2. The molecule has 0 amide bonds. The molecule has 0 aliphatic carbocycles. The molecule has 0 saturated carbocycles. The van der Waals surface area contributed by atoms with E-state index in [9.17, 15) is 21.6 Å². The Morgan fingerprint density at radius 2 is 1.12 bits per heavy atom. The number of ketones is 1. The summed E-state index contributed by atoms with van der Waals surface area (Å²) in [5.74, 6) is -1.16. The molecule has 9 nitrogen and oxygen atoms in total. The molecule has 0 aliphatic heterocycles. The van der Waals surface area contributed by atoms with Crippen LogP contribution in [0.5, 0.6) is 0 Å². The number of carbonyl (C=O) groups is 1. The van der Waals surface area contributed by atoms with Crippen LogP contribution >= 0.6 is 24.4 Å². The van der Waals surface area contributed by atoms with Crippen LogP contribution in [0.3, 0.4) is 0 Å². The summed E-state index contributed by atoms with van der Waals surface area (Å²) in [7, 11) is -9.46. The highest BCUT2D eigenvalue weighted by Gasteiger charge is 2.43. The first-order valence-corrected chi connectivity index (χ1v) is 10.5. The third-order valence-electron chi connectivity index (χ3n) is 2.03. The lowest BCUT2D eigenvalue weighted by Gasteiger charge is -2.19. The molecule has 0 unspecified atom stereocenters. The molecule has 13 heteroatoms. The zero-order valence-electron chi connectivity index (χ0n) is 13.7. The van der Waals surface area contributed by atoms with E-state index in [-0.39, 0.29) is 0 Å². The van der Waals surface area contributed by atoms with Gasteiger partial charge in [-0.25, -0.2) is 26.3 Å². The van der Waals surface area contributed by atoms with Gasteiger partial charge in [-0.15, -0.1) is 0 Å². The van der Waals surface area contributed by atoms with Gasteiger partial charge in [-0.1, -0.05) is 0 Å². The molecule has 2 N–H and O–H groups in total. The van der Waals surface area contributed by atoms with Crippen LogP contribution in [0.25, 0.3) is 0 Å². The lowest BCUT2D eigenvalue weighted by atomic mass is 10.5. The van der Waals surface area contributed by atoms with Gasteiger partial charge in [0.2, 0.25) is 0 Å². The van der Waals surface area contributed by atoms with Gasteiger partial charge in [0.1, 0.15) is 0 Å². The van der Waals surface area contributed by atoms with E-state index in [1.165, 1.54) is 0 Å². The van der Waals surface area contributed by atoms with E-state index in [0.717, 1.165) is 6.92 Å². The summed E-state index contributed by atoms with van der Waals surface area (Å²) in [6, 6.07) is 0. The van der Waals surface area contributed by atoms with E-state index in [1.807, 2.05) is 0 Å². The van der Waals surface area contributed by atoms with E-state index in [0.29, 0.717) is 0 Å². The fraction of sp³-hybridized carbons (Fsp3) is 0.727. The number of nitrogens with one attached hydrogen (secondary N) is 2. The maximum absolute atomic E-state index is 12.2. The van der Waals surface area contributed by atoms with Gasteiger partial charge < -0.3 is 9.47 Å². The smallest absolute Gasteiger partial charge is 0.270 e. The van der Waals surface area contributed by atoms with Crippen LogP contribution in [0.2, 0.25) is 0 Å². The summed E-state index contributed by atoms with van der Waals surface area (Å²) >= 11 is 9.32. The summed E-state index contributed by atoms with van der Waals surface area (Å²) in [5.41, 5.74) is 0. The molecule has 0 fully saturated rings. The highest BCUT2D eigenvalue weighted by Crippen LogP contribution is 2.10. The molecule has 0 aromatic heterocycles. The Balaban J connectivity index is 5.51. The van der Waals surface area contributed by atoms with E-state index in [2.05, 4.69) is 24.4 Å². The van der Waals surface area contributed by atoms with Gasteiger partial charge >= 0.3 is 0 Å². The normalized spacial score (nSPS) is 12.2. The largest absolute Gasteiger partial charge is 0.468 e. The molecule has 0 atom stereocenters. The Bertz CT molecular complexity index is 644. The molecule has 0 aromatic carbocycles. The second-order valence-corrected chi connectivity index (χ2v) is 9.72. The van der Waals surface area contributed by atoms with Crippen molar-refractivity contribution in [1.29, 1.82) is 0 Å². The van der Waals surface area contributed by atoms with Crippen molar-refractivity contribution in [3.05, 3.63) is 0 Å². The third kappa shape index (κ3) is 7.68. The molecule has 140 valence electrons. The Hall–Kier alpha value is -1.05. The highest BCUT2D eigenvalue weighted by atomic mass is 32.3. The van der Waals surface area contributed by atoms with Gasteiger partial charge in [-0.3, -0.25) is 4.79 Å². The Labute approximate surface area is 152 Å². The molecule has 24 heavy (non-hydrogen) atoms. The predicted molar refractivity (Wildman–Crippen MR) is 96.2 cm³/mol.